The minimum absolute atomic E-state index is 0.607. The van der Waals surface area contributed by atoms with Gasteiger partial charge in [0, 0.05) is 12.6 Å². The van der Waals surface area contributed by atoms with E-state index in [1.165, 1.54) is 31.5 Å². The second kappa shape index (κ2) is 6.18. The van der Waals surface area contributed by atoms with E-state index >= 15 is 0 Å². The highest BCUT2D eigenvalue weighted by atomic mass is 15.1. The van der Waals surface area contributed by atoms with Crippen LogP contribution in [0.5, 0.6) is 0 Å². The Morgan fingerprint density at radius 2 is 1.88 bits per heavy atom. The van der Waals surface area contributed by atoms with Crippen LogP contribution in [-0.2, 0) is 0 Å². The molecule has 0 radical (unpaired) electrons. The zero-order valence-electron chi connectivity index (χ0n) is 11.0. The molecule has 0 unspecified atom stereocenters. The lowest BCUT2D eigenvalue weighted by Gasteiger charge is -2.30. The standard InChI is InChI=1S/C15H24N2/c1-13(14-6-4-3-5-7-14)12-16-15-8-10-17(2)11-9-15/h3-7,13,15-16H,8-12H2,1-2H3/t13-/m0/s1. The van der Waals surface area contributed by atoms with E-state index in [0.717, 1.165) is 12.6 Å². The fraction of sp³-hybridized carbons (Fsp3) is 0.600. The van der Waals surface area contributed by atoms with Gasteiger partial charge in [0.05, 0.1) is 0 Å². The molecule has 1 aromatic carbocycles. The molecule has 1 fully saturated rings. The molecule has 94 valence electrons. The van der Waals surface area contributed by atoms with Gasteiger partial charge in [0.25, 0.3) is 0 Å². The number of hydrogen-bond acceptors (Lipinski definition) is 2. The maximum atomic E-state index is 3.71. The molecule has 0 bridgehead atoms. The zero-order chi connectivity index (χ0) is 12.1. The number of benzene rings is 1. The Balaban J connectivity index is 1.75. The van der Waals surface area contributed by atoms with E-state index in [0.29, 0.717) is 5.92 Å². The van der Waals surface area contributed by atoms with Crippen molar-refractivity contribution < 1.29 is 0 Å². The molecule has 1 aliphatic rings. The van der Waals surface area contributed by atoms with E-state index in [9.17, 15) is 0 Å². The third-order valence-electron chi connectivity index (χ3n) is 3.80. The van der Waals surface area contributed by atoms with Gasteiger partial charge in [-0.25, -0.2) is 0 Å². The normalized spacial score (nSPS) is 20.4. The van der Waals surface area contributed by atoms with Crippen LogP contribution in [0.15, 0.2) is 30.3 Å². The molecule has 1 saturated heterocycles. The van der Waals surface area contributed by atoms with E-state index in [2.05, 4.69) is 54.5 Å². The molecule has 1 heterocycles. The Kier molecular flexibility index (Phi) is 4.57. The lowest BCUT2D eigenvalue weighted by molar-refractivity contribution is 0.233. The first-order chi connectivity index (χ1) is 8.25. The molecule has 1 aromatic rings. The summed E-state index contributed by atoms with van der Waals surface area (Å²) in [5, 5.41) is 3.71. The van der Waals surface area contributed by atoms with Crippen LogP contribution in [0.4, 0.5) is 0 Å². The summed E-state index contributed by atoms with van der Waals surface area (Å²) in [6.45, 7) is 5.87. The summed E-state index contributed by atoms with van der Waals surface area (Å²) in [6, 6.07) is 11.5. The van der Waals surface area contributed by atoms with Gasteiger partial charge in [-0.1, -0.05) is 37.3 Å². The highest BCUT2D eigenvalue weighted by Gasteiger charge is 2.16. The molecule has 0 saturated carbocycles. The molecule has 2 heteroatoms. The summed E-state index contributed by atoms with van der Waals surface area (Å²) in [5.74, 6) is 0.607. The molecule has 0 amide bonds. The fourth-order valence-electron chi connectivity index (χ4n) is 2.46. The Hall–Kier alpha value is -0.860. The van der Waals surface area contributed by atoms with Crippen LogP contribution < -0.4 is 5.32 Å². The van der Waals surface area contributed by atoms with Crippen LogP contribution in [0.25, 0.3) is 0 Å². The second-order valence-corrected chi connectivity index (χ2v) is 5.30. The van der Waals surface area contributed by atoms with Gasteiger partial charge in [0.15, 0.2) is 0 Å². The maximum Gasteiger partial charge on any atom is 0.00916 e. The first-order valence-electron chi connectivity index (χ1n) is 6.72. The minimum atomic E-state index is 0.607. The summed E-state index contributed by atoms with van der Waals surface area (Å²) in [7, 11) is 2.21. The lowest BCUT2D eigenvalue weighted by atomic mass is 9.99. The largest absolute Gasteiger partial charge is 0.313 e. The molecule has 17 heavy (non-hydrogen) atoms. The minimum Gasteiger partial charge on any atom is -0.313 e. The lowest BCUT2D eigenvalue weighted by Crippen LogP contribution is -2.41. The van der Waals surface area contributed by atoms with Gasteiger partial charge in [-0.2, -0.15) is 0 Å². The van der Waals surface area contributed by atoms with E-state index in [4.69, 9.17) is 0 Å². The first kappa shape index (κ1) is 12.6. The van der Waals surface area contributed by atoms with Gasteiger partial charge >= 0.3 is 0 Å². The number of piperidine rings is 1. The molecular weight excluding hydrogens is 208 g/mol. The van der Waals surface area contributed by atoms with Crippen LogP contribution in [0, 0.1) is 0 Å². The summed E-state index contributed by atoms with van der Waals surface area (Å²) in [6.07, 6.45) is 2.58. The van der Waals surface area contributed by atoms with Crippen molar-refractivity contribution in [2.75, 3.05) is 26.7 Å². The molecule has 2 rings (SSSR count). The van der Waals surface area contributed by atoms with E-state index in [-0.39, 0.29) is 0 Å². The molecule has 0 aliphatic carbocycles. The molecule has 1 N–H and O–H groups in total. The summed E-state index contributed by atoms with van der Waals surface area (Å²) in [4.78, 5) is 2.42. The average Bonchev–Trinajstić information content (AvgIpc) is 2.39. The SMILES string of the molecule is C[C@@H](CNC1CCN(C)CC1)c1ccccc1. The number of rotatable bonds is 4. The molecule has 0 aromatic heterocycles. The Morgan fingerprint density at radius 3 is 2.53 bits per heavy atom. The summed E-state index contributed by atoms with van der Waals surface area (Å²) >= 11 is 0. The molecule has 0 spiro atoms. The van der Waals surface area contributed by atoms with Crippen LogP contribution in [0.3, 0.4) is 0 Å². The van der Waals surface area contributed by atoms with Crippen molar-refractivity contribution in [1.29, 1.82) is 0 Å². The van der Waals surface area contributed by atoms with E-state index in [1.54, 1.807) is 0 Å². The molecular formula is C15H24N2. The third kappa shape index (κ3) is 3.83. The zero-order valence-corrected chi connectivity index (χ0v) is 11.0. The van der Waals surface area contributed by atoms with Crippen molar-refractivity contribution in [3.05, 3.63) is 35.9 Å². The van der Waals surface area contributed by atoms with Crippen LogP contribution in [0.2, 0.25) is 0 Å². The third-order valence-corrected chi connectivity index (χ3v) is 3.80. The number of hydrogen-bond donors (Lipinski definition) is 1. The van der Waals surface area contributed by atoms with Crippen molar-refractivity contribution in [3.63, 3.8) is 0 Å². The van der Waals surface area contributed by atoms with Crippen molar-refractivity contribution in [3.8, 4) is 0 Å². The number of nitrogens with zero attached hydrogens (tertiary/aromatic N) is 1. The highest BCUT2D eigenvalue weighted by Crippen LogP contribution is 2.15. The average molecular weight is 232 g/mol. The van der Waals surface area contributed by atoms with E-state index < -0.39 is 0 Å². The highest BCUT2D eigenvalue weighted by molar-refractivity contribution is 5.18. The van der Waals surface area contributed by atoms with Crippen LogP contribution >= 0.6 is 0 Å². The van der Waals surface area contributed by atoms with E-state index in [1.807, 2.05) is 0 Å². The van der Waals surface area contributed by atoms with Crippen LogP contribution in [-0.4, -0.2) is 37.6 Å². The first-order valence-corrected chi connectivity index (χ1v) is 6.72. The maximum absolute atomic E-state index is 3.71. The van der Waals surface area contributed by atoms with Gasteiger partial charge in [-0.15, -0.1) is 0 Å². The van der Waals surface area contributed by atoms with Gasteiger partial charge in [-0.3, -0.25) is 0 Å². The van der Waals surface area contributed by atoms with Crippen molar-refractivity contribution in [2.24, 2.45) is 0 Å². The monoisotopic (exact) mass is 232 g/mol. The topological polar surface area (TPSA) is 15.3 Å². The number of nitrogens with one attached hydrogen (secondary N) is 1. The quantitative estimate of drug-likeness (QED) is 0.858. The van der Waals surface area contributed by atoms with Gasteiger partial charge in [-0.05, 0) is 44.5 Å². The fourth-order valence-corrected chi connectivity index (χ4v) is 2.46. The summed E-state index contributed by atoms with van der Waals surface area (Å²) < 4.78 is 0. The predicted octanol–water partition coefficient (Wildman–Crippen LogP) is 2.47. The van der Waals surface area contributed by atoms with Crippen molar-refractivity contribution >= 4 is 0 Å². The Bertz CT molecular complexity index is 315. The van der Waals surface area contributed by atoms with Crippen molar-refractivity contribution in [2.45, 2.75) is 31.7 Å². The smallest absolute Gasteiger partial charge is 0.00916 e. The van der Waals surface area contributed by atoms with Crippen LogP contribution in [0.1, 0.15) is 31.2 Å². The Labute approximate surface area is 105 Å². The molecule has 1 aliphatic heterocycles. The number of likely N-dealkylation sites (tertiary alicyclic amines) is 1. The molecule has 1 atom stereocenters. The van der Waals surface area contributed by atoms with Gasteiger partial charge in [0.1, 0.15) is 0 Å². The van der Waals surface area contributed by atoms with Gasteiger partial charge < -0.3 is 10.2 Å². The molecule has 2 nitrogen and oxygen atoms in total. The predicted molar refractivity (Wildman–Crippen MR) is 73.4 cm³/mol. The second-order valence-electron chi connectivity index (χ2n) is 5.30. The Morgan fingerprint density at radius 1 is 1.24 bits per heavy atom. The van der Waals surface area contributed by atoms with Gasteiger partial charge in [0.2, 0.25) is 0 Å². The van der Waals surface area contributed by atoms with Crippen molar-refractivity contribution in [1.82, 2.24) is 10.2 Å². The summed E-state index contributed by atoms with van der Waals surface area (Å²) in [5.41, 5.74) is 1.44.